The third kappa shape index (κ3) is 3.17. The van der Waals surface area contributed by atoms with Crippen molar-refractivity contribution in [2.45, 2.75) is 44.3 Å². The van der Waals surface area contributed by atoms with Crippen molar-refractivity contribution in [1.29, 1.82) is 0 Å². The molecular formula is C17H19F3N4O2. The maximum atomic E-state index is 15.1. The first-order chi connectivity index (χ1) is 12.2. The van der Waals surface area contributed by atoms with E-state index in [4.69, 9.17) is 4.74 Å². The number of alkyl halides is 3. The Morgan fingerprint density at radius 1 is 1.35 bits per heavy atom. The lowest BCUT2D eigenvalue weighted by Gasteiger charge is -2.34. The summed E-state index contributed by atoms with van der Waals surface area (Å²) in [7, 11) is 1.38. The van der Waals surface area contributed by atoms with E-state index in [9.17, 15) is 13.6 Å². The topological polar surface area (TPSA) is 68.2 Å². The van der Waals surface area contributed by atoms with Crippen molar-refractivity contribution in [3.63, 3.8) is 0 Å². The molecule has 2 heterocycles. The fraction of sp³-hybridized carbons (Fsp3) is 0.529. The van der Waals surface area contributed by atoms with Gasteiger partial charge in [0.05, 0.1) is 13.2 Å². The summed E-state index contributed by atoms with van der Waals surface area (Å²) in [5, 5.41) is 0. The number of fused-ring (bicyclic) bond motifs is 1. The fourth-order valence-corrected chi connectivity index (χ4v) is 3.46. The van der Waals surface area contributed by atoms with Crippen LogP contribution >= 0.6 is 0 Å². The first kappa shape index (κ1) is 18.3. The van der Waals surface area contributed by atoms with E-state index in [0.717, 1.165) is 4.90 Å². The Bertz CT molecular complexity index is 779. The number of methoxy groups -OCH3 is 1. The third-order valence-electron chi connectivity index (χ3n) is 4.51. The number of ether oxygens (including phenoxy) is 1. The minimum absolute atomic E-state index is 0.0397. The van der Waals surface area contributed by atoms with Gasteiger partial charge in [-0.25, -0.2) is 18.2 Å². The van der Waals surface area contributed by atoms with Crippen LogP contribution < -0.4 is 4.74 Å². The van der Waals surface area contributed by atoms with Gasteiger partial charge in [0.25, 0.3) is 0 Å². The van der Waals surface area contributed by atoms with Gasteiger partial charge < -0.3 is 9.64 Å². The molecule has 2 aliphatic rings. The average molecular weight is 368 g/mol. The maximum Gasteiger partial charge on any atom is 0.319 e. The lowest BCUT2D eigenvalue weighted by atomic mass is 9.84. The first-order valence-electron chi connectivity index (χ1n) is 8.18. The van der Waals surface area contributed by atoms with E-state index in [-0.39, 0.29) is 18.4 Å². The van der Waals surface area contributed by atoms with Crippen LogP contribution in [-0.2, 0) is 4.79 Å². The number of likely N-dealkylation sites (tertiary alicyclic amines) is 1. The summed E-state index contributed by atoms with van der Waals surface area (Å²) in [6, 6.07) is -0.926. The number of carbonyl (C=O) groups is 1. The highest BCUT2D eigenvalue weighted by Gasteiger charge is 2.54. The van der Waals surface area contributed by atoms with E-state index in [1.165, 1.54) is 26.2 Å². The highest BCUT2D eigenvalue weighted by atomic mass is 19.3. The number of carbonyl (C=O) groups excluding carboxylic acids is 1. The zero-order valence-electron chi connectivity index (χ0n) is 14.6. The van der Waals surface area contributed by atoms with Gasteiger partial charge in [-0.1, -0.05) is 12.2 Å². The Morgan fingerprint density at radius 3 is 2.73 bits per heavy atom. The van der Waals surface area contributed by atoms with Gasteiger partial charge in [0.15, 0.2) is 11.5 Å². The summed E-state index contributed by atoms with van der Waals surface area (Å²) in [4.78, 5) is 26.5. The van der Waals surface area contributed by atoms with Crippen molar-refractivity contribution in [3.05, 3.63) is 35.4 Å². The predicted molar refractivity (Wildman–Crippen MR) is 86.7 cm³/mol. The van der Waals surface area contributed by atoms with Gasteiger partial charge in [0.1, 0.15) is 11.7 Å². The van der Waals surface area contributed by atoms with Crippen molar-refractivity contribution in [2.75, 3.05) is 13.7 Å². The second-order valence-electron chi connectivity index (χ2n) is 6.45. The molecule has 3 unspecified atom stereocenters. The van der Waals surface area contributed by atoms with Crippen LogP contribution in [0.1, 0.15) is 30.9 Å². The summed E-state index contributed by atoms with van der Waals surface area (Å²) in [5.74, 6) is -0.978. The molecule has 9 heteroatoms. The quantitative estimate of drug-likeness (QED) is 0.798. The van der Waals surface area contributed by atoms with E-state index in [1.807, 2.05) is 0 Å². The summed E-state index contributed by atoms with van der Waals surface area (Å²) in [6.07, 6.45) is 1.36. The number of aromatic nitrogens is 3. The minimum atomic E-state index is -2.58. The zero-order chi connectivity index (χ0) is 19.1. The second-order valence-corrected chi connectivity index (χ2v) is 6.45. The predicted octanol–water partition coefficient (Wildman–Crippen LogP) is 2.36. The molecule has 1 aliphatic carbocycles. The van der Waals surface area contributed by atoms with Gasteiger partial charge in [-0.2, -0.15) is 9.97 Å². The molecule has 1 fully saturated rings. The molecule has 0 bridgehead atoms. The van der Waals surface area contributed by atoms with Crippen molar-refractivity contribution >= 4 is 5.91 Å². The molecule has 3 rings (SSSR count). The average Bonchev–Trinajstić information content (AvgIpc) is 2.85. The smallest absolute Gasteiger partial charge is 0.319 e. The minimum Gasteiger partial charge on any atom is -0.467 e. The number of rotatable bonds is 5. The number of allylic oxidation sites excluding steroid dienone is 2. The van der Waals surface area contributed by atoms with E-state index in [0.29, 0.717) is 11.4 Å². The van der Waals surface area contributed by atoms with Gasteiger partial charge in [-0.05, 0) is 25.5 Å². The van der Waals surface area contributed by atoms with Crippen LogP contribution in [0.3, 0.4) is 0 Å². The lowest BCUT2D eigenvalue weighted by molar-refractivity contribution is -0.132. The highest BCUT2D eigenvalue weighted by Crippen LogP contribution is 2.45. The SMILES string of the molecule is COc1nc(C)nc(C2C(=O)N(CCC(F)F)C3C2=CC=CC3(C)F)n1. The number of halogens is 3. The van der Waals surface area contributed by atoms with Crippen molar-refractivity contribution in [2.24, 2.45) is 0 Å². The van der Waals surface area contributed by atoms with Gasteiger partial charge >= 0.3 is 6.01 Å². The second kappa shape index (κ2) is 6.69. The molecular weight excluding hydrogens is 349 g/mol. The van der Waals surface area contributed by atoms with Crippen molar-refractivity contribution in [3.8, 4) is 6.01 Å². The molecule has 1 aromatic rings. The molecule has 0 N–H and O–H groups in total. The molecule has 1 saturated heterocycles. The Balaban J connectivity index is 2.05. The summed E-state index contributed by atoms with van der Waals surface area (Å²) < 4.78 is 45.5. The van der Waals surface area contributed by atoms with Gasteiger partial charge in [-0.3, -0.25) is 4.79 Å². The summed E-state index contributed by atoms with van der Waals surface area (Å²) >= 11 is 0. The molecule has 1 aromatic heterocycles. The van der Waals surface area contributed by atoms with Crippen LogP contribution in [0, 0.1) is 6.92 Å². The van der Waals surface area contributed by atoms with Crippen LogP contribution in [0.15, 0.2) is 23.8 Å². The fourth-order valence-electron chi connectivity index (χ4n) is 3.46. The molecule has 6 nitrogen and oxygen atoms in total. The van der Waals surface area contributed by atoms with Crippen molar-refractivity contribution < 1.29 is 22.7 Å². The Morgan fingerprint density at radius 2 is 2.08 bits per heavy atom. The van der Waals surface area contributed by atoms with E-state index >= 15 is 4.39 Å². The standard InChI is InChI=1S/C17H19F3N4O2/c1-9-21-14(23-16(22-9)26-3)12-10-5-4-7-17(2,20)13(10)24(15(12)25)8-6-11(18)19/h4-5,7,11-13H,6,8H2,1-3H3. The van der Waals surface area contributed by atoms with E-state index in [2.05, 4.69) is 15.0 Å². The van der Waals surface area contributed by atoms with E-state index < -0.39 is 36.4 Å². The molecule has 1 amide bonds. The first-order valence-corrected chi connectivity index (χ1v) is 8.18. The molecule has 140 valence electrons. The Labute approximate surface area is 148 Å². The molecule has 3 atom stereocenters. The van der Waals surface area contributed by atoms with E-state index in [1.54, 1.807) is 13.0 Å². The number of nitrogens with zero attached hydrogens (tertiary/aromatic N) is 4. The molecule has 0 radical (unpaired) electrons. The Kier molecular flexibility index (Phi) is 4.72. The molecule has 0 saturated carbocycles. The lowest BCUT2D eigenvalue weighted by Crippen LogP contribution is -2.47. The number of hydrogen-bond acceptors (Lipinski definition) is 5. The summed E-state index contributed by atoms with van der Waals surface area (Å²) in [6.45, 7) is 2.70. The third-order valence-corrected chi connectivity index (χ3v) is 4.51. The van der Waals surface area contributed by atoms with Crippen LogP contribution in [-0.4, -0.2) is 57.5 Å². The molecule has 1 aliphatic heterocycles. The highest BCUT2D eigenvalue weighted by molar-refractivity contribution is 5.91. The number of hydrogen-bond donors (Lipinski definition) is 0. The monoisotopic (exact) mass is 368 g/mol. The molecule has 0 aromatic carbocycles. The normalized spacial score (nSPS) is 27.7. The molecule has 26 heavy (non-hydrogen) atoms. The van der Waals surface area contributed by atoms with Crippen molar-refractivity contribution in [1.82, 2.24) is 19.9 Å². The zero-order valence-corrected chi connectivity index (χ0v) is 14.6. The maximum absolute atomic E-state index is 15.1. The number of aryl methyl sites for hydroxylation is 1. The van der Waals surface area contributed by atoms with Crippen LogP contribution in [0.5, 0.6) is 6.01 Å². The number of amides is 1. The summed E-state index contributed by atoms with van der Waals surface area (Å²) in [5.41, 5.74) is -1.42. The molecule has 0 spiro atoms. The van der Waals surface area contributed by atoms with Crippen LogP contribution in [0.25, 0.3) is 0 Å². The van der Waals surface area contributed by atoms with Gasteiger partial charge in [0, 0.05) is 13.0 Å². The van der Waals surface area contributed by atoms with Crippen LogP contribution in [0.2, 0.25) is 0 Å². The largest absolute Gasteiger partial charge is 0.467 e. The Hall–Kier alpha value is -2.45. The van der Waals surface area contributed by atoms with Gasteiger partial charge in [0.2, 0.25) is 12.3 Å². The van der Waals surface area contributed by atoms with Crippen LogP contribution in [0.4, 0.5) is 13.2 Å². The van der Waals surface area contributed by atoms with Gasteiger partial charge in [-0.15, -0.1) is 0 Å².